The number of hydrogen-bond acceptors (Lipinski definition) is 3. The molecule has 0 aliphatic carbocycles. The zero-order chi connectivity index (χ0) is 13.3. The van der Waals surface area contributed by atoms with Gasteiger partial charge in [-0.25, -0.2) is 13.8 Å². The Hall–Kier alpha value is -1.85. The van der Waals surface area contributed by atoms with Gasteiger partial charge in [-0.2, -0.15) is 4.39 Å². The first-order valence-corrected chi connectivity index (χ1v) is 4.69. The summed E-state index contributed by atoms with van der Waals surface area (Å²) in [6, 6.07) is 0. The molecule has 1 aromatic rings. The number of aromatic nitrogens is 1. The Morgan fingerprint density at radius 1 is 1.18 bits per heavy atom. The smallest absolute Gasteiger partial charge is 0.250 e. The maximum atomic E-state index is 13.6. The second kappa shape index (κ2) is 4.57. The lowest BCUT2D eigenvalue weighted by Crippen LogP contribution is -2.10. The van der Waals surface area contributed by atoms with Crippen molar-refractivity contribution in [3.8, 4) is 0 Å². The number of hydrogen-bond donors (Lipinski definition) is 1. The Kier molecular flexibility index (Phi) is 3.55. The lowest BCUT2D eigenvalue weighted by atomic mass is 10.0. The highest BCUT2D eigenvalue weighted by atomic mass is 19.2. The number of aryl methyl sites for hydroxylation is 1. The van der Waals surface area contributed by atoms with E-state index in [1.165, 1.54) is 0 Å². The summed E-state index contributed by atoms with van der Waals surface area (Å²) in [5.74, 6) is -5.62. The summed E-state index contributed by atoms with van der Waals surface area (Å²) in [6.07, 6.45) is 0. The van der Waals surface area contributed by atoms with Crippen LogP contribution in [0.1, 0.15) is 25.1 Å². The van der Waals surface area contributed by atoms with Crippen LogP contribution >= 0.6 is 0 Å². The Bertz CT molecular complexity index is 494. The van der Waals surface area contributed by atoms with Crippen LogP contribution in [-0.4, -0.2) is 15.9 Å². The molecule has 0 fully saturated rings. The van der Waals surface area contributed by atoms with Gasteiger partial charge >= 0.3 is 0 Å². The van der Waals surface area contributed by atoms with Crippen LogP contribution in [0.25, 0.3) is 5.57 Å². The minimum Gasteiger partial charge on any atom is -0.512 e. The first-order chi connectivity index (χ1) is 7.77. The SMILES string of the molecule is CC(=O)/C(=C(/C)O)c1c(F)c(C)nc(F)c1F. The molecule has 0 saturated carbocycles. The van der Waals surface area contributed by atoms with E-state index in [1.807, 2.05) is 0 Å². The fraction of sp³-hybridized carbons (Fsp3) is 0.273. The van der Waals surface area contributed by atoms with Crippen LogP contribution in [0.15, 0.2) is 5.76 Å². The molecular formula is C11H10F3NO2. The summed E-state index contributed by atoms with van der Waals surface area (Å²) in [4.78, 5) is 14.2. The van der Waals surface area contributed by atoms with Gasteiger partial charge in [0, 0.05) is 0 Å². The Morgan fingerprint density at radius 3 is 2.12 bits per heavy atom. The van der Waals surface area contributed by atoms with Crippen molar-refractivity contribution in [1.82, 2.24) is 4.98 Å². The largest absolute Gasteiger partial charge is 0.512 e. The van der Waals surface area contributed by atoms with Gasteiger partial charge in [0.1, 0.15) is 5.76 Å². The van der Waals surface area contributed by atoms with Gasteiger partial charge in [-0.15, -0.1) is 0 Å². The number of rotatable bonds is 2. The molecule has 0 amide bonds. The molecule has 0 bridgehead atoms. The van der Waals surface area contributed by atoms with Gasteiger partial charge in [0.2, 0.25) is 5.95 Å². The second-order valence-corrected chi connectivity index (χ2v) is 3.51. The van der Waals surface area contributed by atoms with Crippen molar-refractivity contribution in [3.63, 3.8) is 0 Å². The van der Waals surface area contributed by atoms with Crippen LogP contribution < -0.4 is 0 Å². The number of carbonyl (C=O) groups is 1. The lowest BCUT2D eigenvalue weighted by Gasteiger charge is -2.10. The topological polar surface area (TPSA) is 50.2 Å². The van der Waals surface area contributed by atoms with E-state index in [-0.39, 0.29) is 5.69 Å². The molecule has 3 nitrogen and oxygen atoms in total. The molecule has 0 aromatic carbocycles. The highest BCUT2D eigenvalue weighted by Crippen LogP contribution is 2.27. The highest BCUT2D eigenvalue weighted by molar-refractivity contribution is 6.20. The summed E-state index contributed by atoms with van der Waals surface area (Å²) < 4.78 is 40.1. The molecule has 1 N–H and O–H groups in total. The van der Waals surface area contributed by atoms with Gasteiger partial charge in [0.05, 0.1) is 16.8 Å². The van der Waals surface area contributed by atoms with Crippen molar-refractivity contribution in [2.24, 2.45) is 0 Å². The average Bonchev–Trinajstić information content (AvgIpc) is 2.20. The third-order valence-corrected chi connectivity index (χ3v) is 2.17. The number of Topliss-reactive ketones (excluding diaryl/α,β-unsaturated/α-hetero) is 1. The standard InChI is InChI=1S/C11H10F3NO2/c1-4-9(12)8(10(13)11(14)15-4)7(5(2)16)6(3)17/h16H,1-3H3/b7-5+. The van der Waals surface area contributed by atoms with Gasteiger partial charge < -0.3 is 5.11 Å². The Labute approximate surface area is 95.6 Å². The molecule has 0 aliphatic heterocycles. The highest BCUT2D eigenvalue weighted by Gasteiger charge is 2.25. The van der Waals surface area contributed by atoms with Gasteiger partial charge in [-0.05, 0) is 20.8 Å². The summed E-state index contributed by atoms with van der Waals surface area (Å²) in [7, 11) is 0. The molecule has 0 spiro atoms. The van der Waals surface area contributed by atoms with Gasteiger partial charge in [0.25, 0.3) is 0 Å². The van der Waals surface area contributed by atoms with E-state index in [4.69, 9.17) is 0 Å². The van der Waals surface area contributed by atoms with Crippen molar-refractivity contribution < 1.29 is 23.1 Å². The third kappa shape index (κ3) is 2.30. The van der Waals surface area contributed by atoms with Gasteiger partial charge in [0.15, 0.2) is 17.4 Å². The molecule has 1 aromatic heterocycles. The summed E-state index contributed by atoms with van der Waals surface area (Å²) in [5.41, 5.74) is -1.87. The van der Waals surface area contributed by atoms with E-state index < -0.39 is 40.3 Å². The molecule has 1 heterocycles. The number of carbonyl (C=O) groups excluding carboxylic acids is 1. The van der Waals surface area contributed by atoms with Crippen LogP contribution in [0, 0.1) is 24.5 Å². The number of aliphatic hydroxyl groups is 1. The molecule has 1 rings (SSSR count). The fourth-order valence-electron chi connectivity index (χ4n) is 1.46. The lowest BCUT2D eigenvalue weighted by molar-refractivity contribution is -0.111. The second-order valence-electron chi connectivity index (χ2n) is 3.51. The van der Waals surface area contributed by atoms with Gasteiger partial charge in [-0.1, -0.05) is 0 Å². The predicted molar refractivity (Wildman–Crippen MR) is 54.8 cm³/mol. The summed E-state index contributed by atoms with van der Waals surface area (Å²) >= 11 is 0. The summed E-state index contributed by atoms with van der Waals surface area (Å²) in [6.45, 7) is 3.23. The van der Waals surface area contributed by atoms with Gasteiger partial charge in [-0.3, -0.25) is 4.79 Å². The average molecular weight is 245 g/mol. The molecule has 6 heteroatoms. The Morgan fingerprint density at radius 2 is 1.71 bits per heavy atom. The third-order valence-electron chi connectivity index (χ3n) is 2.17. The zero-order valence-electron chi connectivity index (χ0n) is 9.44. The summed E-state index contributed by atoms with van der Waals surface area (Å²) in [5, 5.41) is 9.25. The van der Waals surface area contributed by atoms with Crippen LogP contribution in [-0.2, 0) is 4.79 Å². The molecule has 0 saturated heterocycles. The fourth-order valence-corrected chi connectivity index (χ4v) is 1.46. The van der Waals surface area contributed by atoms with E-state index in [2.05, 4.69) is 4.98 Å². The van der Waals surface area contributed by atoms with E-state index in [0.717, 1.165) is 20.8 Å². The molecular weight excluding hydrogens is 235 g/mol. The maximum absolute atomic E-state index is 13.6. The maximum Gasteiger partial charge on any atom is 0.250 e. The minimum absolute atomic E-state index is 0.390. The van der Waals surface area contributed by atoms with E-state index >= 15 is 0 Å². The molecule has 0 unspecified atom stereocenters. The molecule has 92 valence electrons. The number of ketones is 1. The normalized spacial score (nSPS) is 12.4. The molecule has 0 radical (unpaired) electrons. The molecule has 0 aliphatic rings. The van der Waals surface area contributed by atoms with Crippen LogP contribution in [0.4, 0.5) is 13.2 Å². The number of halogens is 3. The minimum atomic E-state index is -1.59. The van der Waals surface area contributed by atoms with Crippen molar-refractivity contribution in [2.45, 2.75) is 20.8 Å². The first-order valence-electron chi connectivity index (χ1n) is 4.69. The molecule has 17 heavy (non-hydrogen) atoms. The van der Waals surface area contributed by atoms with Crippen LogP contribution in [0.2, 0.25) is 0 Å². The number of nitrogens with zero attached hydrogens (tertiary/aromatic N) is 1. The number of allylic oxidation sites excluding steroid dienone is 2. The van der Waals surface area contributed by atoms with E-state index in [0.29, 0.717) is 0 Å². The predicted octanol–water partition coefficient (Wildman–Crippen LogP) is 2.69. The zero-order valence-corrected chi connectivity index (χ0v) is 9.44. The van der Waals surface area contributed by atoms with Crippen molar-refractivity contribution >= 4 is 11.4 Å². The Balaban J connectivity index is 3.72. The first kappa shape index (κ1) is 13.2. The van der Waals surface area contributed by atoms with Crippen molar-refractivity contribution in [1.29, 1.82) is 0 Å². The van der Waals surface area contributed by atoms with E-state index in [1.54, 1.807) is 0 Å². The number of aliphatic hydroxyl groups excluding tert-OH is 1. The monoisotopic (exact) mass is 245 g/mol. The van der Waals surface area contributed by atoms with E-state index in [9.17, 15) is 23.1 Å². The van der Waals surface area contributed by atoms with Crippen molar-refractivity contribution in [2.75, 3.05) is 0 Å². The number of pyridine rings is 1. The van der Waals surface area contributed by atoms with Crippen LogP contribution in [0.5, 0.6) is 0 Å². The molecule has 0 atom stereocenters. The van der Waals surface area contributed by atoms with Crippen molar-refractivity contribution in [3.05, 3.63) is 34.6 Å². The quantitative estimate of drug-likeness (QED) is 0.495. The van der Waals surface area contributed by atoms with Crippen LogP contribution in [0.3, 0.4) is 0 Å².